The summed E-state index contributed by atoms with van der Waals surface area (Å²) in [5.74, 6) is -0.876. The molecule has 0 bridgehead atoms. The van der Waals surface area contributed by atoms with Gasteiger partial charge in [0.15, 0.2) is 6.10 Å². The monoisotopic (exact) mass is 955 g/mol. The second kappa shape index (κ2) is 57.2. The van der Waals surface area contributed by atoms with E-state index in [1.807, 2.05) is 0 Å². The van der Waals surface area contributed by atoms with Gasteiger partial charge in [0, 0.05) is 19.3 Å². The van der Waals surface area contributed by atoms with Crippen molar-refractivity contribution >= 4 is 17.9 Å². The first kappa shape index (κ1) is 65.6. The maximum Gasteiger partial charge on any atom is 0.306 e. The number of ether oxygens (including phenoxy) is 3. The Labute approximate surface area is 423 Å². The second-order valence-electron chi connectivity index (χ2n) is 20.3. The molecule has 6 nitrogen and oxygen atoms in total. The molecule has 0 radical (unpaired) electrons. The molecule has 398 valence electrons. The van der Waals surface area contributed by atoms with Gasteiger partial charge in [-0.2, -0.15) is 0 Å². The molecular formula is C62H114O6. The fourth-order valence-corrected chi connectivity index (χ4v) is 8.83. The van der Waals surface area contributed by atoms with Crippen molar-refractivity contribution in [1.29, 1.82) is 0 Å². The minimum atomic E-state index is -0.777. The van der Waals surface area contributed by atoms with E-state index in [-0.39, 0.29) is 31.1 Å². The van der Waals surface area contributed by atoms with Gasteiger partial charge in [0.1, 0.15) is 13.2 Å². The molecule has 0 heterocycles. The quantitative estimate of drug-likeness (QED) is 0.0262. The molecule has 1 atom stereocenters. The topological polar surface area (TPSA) is 78.9 Å². The number of hydrogen-bond donors (Lipinski definition) is 0. The number of carbonyl (C=O) groups excluding carboxylic acids is 3. The van der Waals surface area contributed by atoms with E-state index in [0.29, 0.717) is 19.3 Å². The second-order valence-corrected chi connectivity index (χ2v) is 20.3. The summed E-state index contributed by atoms with van der Waals surface area (Å²) in [6, 6.07) is 0. The van der Waals surface area contributed by atoms with Crippen LogP contribution in [0.15, 0.2) is 36.5 Å². The van der Waals surface area contributed by atoms with Crippen LogP contribution in [-0.4, -0.2) is 37.2 Å². The summed E-state index contributed by atoms with van der Waals surface area (Å²) in [5.41, 5.74) is 0. The molecule has 68 heavy (non-hydrogen) atoms. The van der Waals surface area contributed by atoms with Crippen LogP contribution in [0, 0.1) is 0 Å². The lowest BCUT2D eigenvalue weighted by Gasteiger charge is -2.18. The van der Waals surface area contributed by atoms with Gasteiger partial charge in [-0.05, 0) is 70.6 Å². The van der Waals surface area contributed by atoms with Crippen LogP contribution < -0.4 is 0 Å². The zero-order valence-corrected chi connectivity index (χ0v) is 45.6. The van der Waals surface area contributed by atoms with Gasteiger partial charge in [0.05, 0.1) is 0 Å². The number of hydrogen-bond acceptors (Lipinski definition) is 6. The first-order valence-corrected chi connectivity index (χ1v) is 30.0. The van der Waals surface area contributed by atoms with E-state index in [9.17, 15) is 14.4 Å². The van der Waals surface area contributed by atoms with Crippen LogP contribution >= 0.6 is 0 Å². The molecule has 0 N–H and O–H groups in total. The number of rotatable bonds is 55. The molecule has 0 aromatic heterocycles. The zero-order chi connectivity index (χ0) is 49.3. The average Bonchev–Trinajstić information content (AvgIpc) is 3.34. The first-order chi connectivity index (χ1) is 33.5. The van der Waals surface area contributed by atoms with Gasteiger partial charge < -0.3 is 14.2 Å². The Morgan fingerprint density at radius 2 is 0.559 bits per heavy atom. The Balaban J connectivity index is 4.23. The molecule has 0 saturated carbocycles. The Kier molecular flexibility index (Phi) is 55.2. The Morgan fingerprint density at radius 1 is 0.294 bits per heavy atom. The maximum atomic E-state index is 12.8. The van der Waals surface area contributed by atoms with E-state index in [1.165, 1.54) is 199 Å². The third-order valence-electron chi connectivity index (χ3n) is 13.3. The van der Waals surface area contributed by atoms with Crippen LogP contribution in [0.25, 0.3) is 0 Å². The van der Waals surface area contributed by atoms with Crippen molar-refractivity contribution < 1.29 is 28.6 Å². The van der Waals surface area contributed by atoms with E-state index in [4.69, 9.17) is 14.2 Å². The molecule has 0 rings (SSSR count). The molecule has 0 aliphatic heterocycles. The summed E-state index contributed by atoms with van der Waals surface area (Å²) in [4.78, 5) is 38.1. The molecule has 0 fully saturated rings. The highest BCUT2D eigenvalue weighted by molar-refractivity contribution is 5.71. The highest BCUT2D eigenvalue weighted by Crippen LogP contribution is 2.17. The van der Waals surface area contributed by atoms with Crippen LogP contribution in [0.5, 0.6) is 0 Å². The number of unbranched alkanes of at least 4 members (excludes halogenated alkanes) is 38. The number of carbonyl (C=O) groups is 3. The smallest absolute Gasteiger partial charge is 0.306 e. The van der Waals surface area contributed by atoms with Crippen molar-refractivity contribution in [2.75, 3.05) is 13.2 Å². The molecular weight excluding hydrogens is 841 g/mol. The van der Waals surface area contributed by atoms with Gasteiger partial charge in [0.25, 0.3) is 0 Å². The zero-order valence-electron chi connectivity index (χ0n) is 45.6. The standard InChI is InChI=1S/C62H114O6/c1-4-7-10-13-16-19-22-24-26-28-30-31-32-33-35-36-38-40-43-46-49-52-55-61(64)67-58-59(57-66-60(63)54-51-48-45-42-21-18-15-12-9-6-3)68-62(65)56-53-50-47-44-41-39-37-34-29-27-25-23-20-17-14-11-8-5-2/h12,15,20,23,27,29,59H,4-11,13-14,16-19,21-22,24-26,28,30-58H2,1-3H3/b15-12-,23-20-,29-27-. The van der Waals surface area contributed by atoms with Gasteiger partial charge in [-0.25, -0.2) is 0 Å². The van der Waals surface area contributed by atoms with Crippen LogP contribution in [0.1, 0.15) is 323 Å². The lowest BCUT2D eigenvalue weighted by atomic mass is 10.0. The highest BCUT2D eigenvalue weighted by atomic mass is 16.6. The normalized spacial score (nSPS) is 12.2. The summed E-state index contributed by atoms with van der Waals surface area (Å²) in [5, 5.41) is 0. The molecule has 0 saturated heterocycles. The van der Waals surface area contributed by atoms with Crippen LogP contribution in [0.3, 0.4) is 0 Å². The molecule has 6 heteroatoms. The van der Waals surface area contributed by atoms with Crippen LogP contribution in [0.4, 0.5) is 0 Å². The van der Waals surface area contributed by atoms with Gasteiger partial charge in [-0.15, -0.1) is 0 Å². The lowest BCUT2D eigenvalue weighted by molar-refractivity contribution is -0.167. The molecule has 1 unspecified atom stereocenters. The third kappa shape index (κ3) is 54.6. The fraction of sp³-hybridized carbons (Fsp3) is 0.855. The minimum Gasteiger partial charge on any atom is -0.462 e. The summed E-state index contributed by atoms with van der Waals surface area (Å²) in [6.07, 6.45) is 68.7. The number of allylic oxidation sites excluding steroid dienone is 6. The molecule has 0 aliphatic rings. The van der Waals surface area contributed by atoms with E-state index in [1.54, 1.807) is 0 Å². The van der Waals surface area contributed by atoms with Crippen molar-refractivity contribution in [3.8, 4) is 0 Å². The molecule has 0 aliphatic carbocycles. The maximum absolute atomic E-state index is 12.8. The van der Waals surface area contributed by atoms with Crippen LogP contribution in [0.2, 0.25) is 0 Å². The first-order valence-electron chi connectivity index (χ1n) is 30.0. The third-order valence-corrected chi connectivity index (χ3v) is 13.3. The SMILES string of the molecule is CCC/C=C\CCCCCCCC(=O)OCC(COC(=O)CCCCCCCCCCCCCCCCCCCCCCCC)OC(=O)CCCCCCCCC/C=C\C/C=C\CCCCCC. The van der Waals surface area contributed by atoms with Gasteiger partial charge >= 0.3 is 17.9 Å². The predicted molar refractivity (Wildman–Crippen MR) is 293 cm³/mol. The van der Waals surface area contributed by atoms with Gasteiger partial charge in [-0.3, -0.25) is 14.4 Å². The average molecular weight is 956 g/mol. The summed E-state index contributed by atoms with van der Waals surface area (Å²) < 4.78 is 16.9. The molecule has 0 aromatic carbocycles. The van der Waals surface area contributed by atoms with Crippen molar-refractivity contribution in [2.45, 2.75) is 329 Å². The fourth-order valence-electron chi connectivity index (χ4n) is 8.83. The molecule has 0 spiro atoms. The van der Waals surface area contributed by atoms with Crippen molar-refractivity contribution in [1.82, 2.24) is 0 Å². The largest absolute Gasteiger partial charge is 0.462 e. The van der Waals surface area contributed by atoms with Gasteiger partial charge in [-0.1, -0.05) is 269 Å². The van der Waals surface area contributed by atoms with Crippen molar-refractivity contribution in [2.24, 2.45) is 0 Å². The van der Waals surface area contributed by atoms with E-state index < -0.39 is 6.10 Å². The highest BCUT2D eigenvalue weighted by Gasteiger charge is 2.19. The number of esters is 3. The van der Waals surface area contributed by atoms with E-state index in [0.717, 1.165) is 83.5 Å². The Bertz CT molecular complexity index is 1140. The molecule has 0 amide bonds. The minimum absolute atomic E-state index is 0.0745. The lowest BCUT2D eigenvalue weighted by Crippen LogP contribution is -2.30. The van der Waals surface area contributed by atoms with Crippen LogP contribution in [-0.2, 0) is 28.6 Å². The Morgan fingerprint density at radius 3 is 0.897 bits per heavy atom. The van der Waals surface area contributed by atoms with E-state index in [2.05, 4.69) is 57.2 Å². The predicted octanol–water partition coefficient (Wildman–Crippen LogP) is 20.0. The van der Waals surface area contributed by atoms with Gasteiger partial charge in [0.2, 0.25) is 0 Å². The summed E-state index contributed by atoms with van der Waals surface area (Å²) >= 11 is 0. The molecule has 0 aromatic rings. The van der Waals surface area contributed by atoms with E-state index >= 15 is 0 Å². The van der Waals surface area contributed by atoms with Crippen molar-refractivity contribution in [3.63, 3.8) is 0 Å². The summed E-state index contributed by atoms with van der Waals surface area (Å²) in [6.45, 7) is 6.59. The Hall–Kier alpha value is -2.37. The summed E-state index contributed by atoms with van der Waals surface area (Å²) in [7, 11) is 0. The van der Waals surface area contributed by atoms with Crippen molar-refractivity contribution in [3.05, 3.63) is 36.5 Å².